The molecular weight excluding hydrogens is 330 g/mol. The Labute approximate surface area is 162 Å². The number of aryl methyl sites for hydroxylation is 2. The van der Waals surface area contributed by atoms with Crippen LogP contribution in [0.4, 0.5) is 0 Å². The summed E-state index contributed by atoms with van der Waals surface area (Å²) in [7, 11) is 0. The molecule has 0 aromatic heterocycles. The monoisotopic (exact) mass is 359 g/mol. The van der Waals surface area contributed by atoms with Gasteiger partial charge in [-0.05, 0) is 68.1 Å². The SMILES string of the molecule is Cc1cc(C)cc(C(c2c(O)ccc3ccccc23)N2CCC(C)CC2)c1. The summed E-state index contributed by atoms with van der Waals surface area (Å²) < 4.78 is 0. The van der Waals surface area contributed by atoms with E-state index in [0.29, 0.717) is 5.75 Å². The number of hydrogen-bond donors (Lipinski definition) is 1. The predicted molar refractivity (Wildman–Crippen MR) is 113 cm³/mol. The van der Waals surface area contributed by atoms with Crippen LogP contribution < -0.4 is 0 Å². The Morgan fingerprint density at radius 1 is 0.926 bits per heavy atom. The number of phenolic OH excluding ortho intramolecular Hbond substituents is 1. The van der Waals surface area contributed by atoms with Gasteiger partial charge in [0.1, 0.15) is 5.75 Å². The van der Waals surface area contributed by atoms with Crippen LogP contribution >= 0.6 is 0 Å². The van der Waals surface area contributed by atoms with Gasteiger partial charge in [-0.2, -0.15) is 0 Å². The van der Waals surface area contributed by atoms with Crippen LogP contribution in [-0.4, -0.2) is 23.1 Å². The van der Waals surface area contributed by atoms with E-state index in [2.05, 4.69) is 68.1 Å². The van der Waals surface area contributed by atoms with Crippen molar-refractivity contribution in [3.63, 3.8) is 0 Å². The standard InChI is InChI=1S/C25H29NO/c1-17-10-12-26(13-11-17)25(21-15-18(2)14-19(3)16-21)24-22-7-5-4-6-20(22)8-9-23(24)27/h4-9,14-17,25,27H,10-13H2,1-3H3. The summed E-state index contributed by atoms with van der Waals surface area (Å²) in [6.45, 7) is 8.81. The molecule has 1 aliphatic heterocycles. The Bertz CT molecular complexity index is 933. The molecule has 2 nitrogen and oxygen atoms in total. The van der Waals surface area contributed by atoms with Gasteiger partial charge in [-0.1, -0.05) is 66.6 Å². The fraction of sp³-hybridized carbons (Fsp3) is 0.360. The molecule has 0 aliphatic carbocycles. The summed E-state index contributed by atoms with van der Waals surface area (Å²) in [6.07, 6.45) is 2.43. The minimum atomic E-state index is 0.0854. The summed E-state index contributed by atoms with van der Waals surface area (Å²) >= 11 is 0. The summed E-state index contributed by atoms with van der Waals surface area (Å²) in [4.78, 5) is 2.57. The Balaban J connectivity index is 1.92. The van der Waals surface area contributed by atoms with Crippen LogP contribution in [0.25, 0.3) is 10.8 Å². The molecule has 3 aromatic rings. The molecule has 2 heteroatoms. The average molecular weight is 360 g/mol. The van der Waals surface area contributed by atoms with E-state index in [1.54, 1.807) is 0 Å². The van der Waals surface area contributed by atoms with Crippen molar-refractivity contribution in [2.75, 3.05) is 13.1 Å². The maximum Gasteiger partial charge on any atom is 0.121 e. The molecule has 27 heavy (non-hydrogen) atoms. The Hall–Kier alpha value is -2.32. The van der Waals surface area contributed by atoms with Crippen molar-refractivity contribution in [2.45, 2.75) is 39.7 Å². The molecule has 140 valence electrons. The van der Waals surface area contributed by atoms with Crippen molar-refractivity contribution < 1.29 is 5.11 Å². The van der Waals surface area contributed by atoms with Crippen LogP contribution in [0.5, 0.6) is 5.75 Å². The Morgan fingerprint density at radius 2 is 1.59 bits per heavy atom. The van der Waals surface area contributed by atoms with Gasteiger partial charge in [0.05, 0.1) is 6.04 Å². The Morgan fingerprint density at radius 3 is 2.30 bits per heavy atom. The van der Waals surface area contributed by atoms with Crippen LogP contribution in [0.1, 0.15) is 48.1 Å². The van der Waals surface area contributed by atoms with Crippen LogP contribution in [0.2, 0.25) is 0 Å². The normalized spacial score (nSPS) is 17.3. The highest BCUT2D eigenvalue weighted by Crippen LogP contribution is 2.41. The molecule has 1 heterocycles. The van der Waals surface area contributed by atoms with Crippen LogP contribution in [0, 0.1) is 19.8 Å². The van der Waals surface area contributed by atoms with Gasteiger partial charge in [0.25, 0.3) is 0 Å². The zero-order valence-electron chi connectivity index (χ0n) is 16.6. The van der Waals surface area contributed by atoms with E-state index in [1.807, 2.05) is 12.1 Å². The third-order valence-corrected chi connectivity index (χ3v) is 5.96. The molecule has 1 aliphatic rings. The Kier molecular flexibility index (Phi) is 4.92. The minimum absolute atomic E-state index is 0.0854. The van der Waals surface area contributed by atoms with Gasteiger partial charge in [-0.15, -0.1) is 0 Å². The van der Waals surface area contributed by atoms with Gasteiger partial charge < -0.3 is 5.11 Å². The van der Waals surface area contributed by atoms with Gasteiger partial charge in [0.2, 0.25) is 0 Å². The van der Waals surface area contributed by atoms with E-state index in [9.17, 15) is 5.11 Å². The molecule has 1 atom stereocenters. The summed E-state index contributed by atoms with van der Waals surface area (Å²) in [5.74, 6) is 1.18. The van der Waals surface area contributed by atoms with Gasteiger partial charge in [0.15, 0.2) is 0 Å². The van der Waals surface area contributed by atoms with Crippen molar-refractivity contribution in [1.29, 1.82) is 0 Å². The maximum absolute atomic E-state index is 10.9. The van der Waals surface area contributed by atoms with Crippen molar-refractivity contribution in [3.05, 3.63) is 76.9 Å². The minimum Gasteiger partial charge on any atom is -0.508 e. The van der Waals surface area contributed by atoms with Crippen molar-refractivity contribution in [3.8, 4) is 5.75 Å². The van der Waals surface area contributed by atoms with E-state index in [4.69, 9.17) is 0 Å². The van der Waals surface area contributed by atoms with E-state index in [-0.39, 0.29) is 6.04 Å². The lowest BCUT2D eigenvalue weighted by atomic mass is 9.88. The third kappa shape index (κ3) is 3.59. The van der Waals surface area contributed by atoms with E-state index < -0.39 is 0 Å². The topological polar surface area (TPSA) is 23.5 Å². The molecule has 4 rings (SSSR count). The zero-order valence-corrected chi connectivity index (χ0v) is 16.6. The van der Waals surface area contributed by atoms with E-state index >= 15 is 0 Å². The second-order valence-corrected chi connectivity index (χ2v) is 8.26. The fourth-order valence-electron chi connectivity index (χ4n) is 4.59. The summed E-state index contributed by atoms with van der Waals surface area (Å²) in [5.41, 5.74) is 4.89. The molecule has 1 fully saturated rings. The maximum atomic E-state index is 10.9. The first-order valence-electron chi connectivity index (χ1n) is 10.1. The highest BCUT2D eigenvalue weighted by atomic mass is 16.3. The molecule has 0 radical (unpaired) electrons. The first-order chi connectivity index (χ1) is 13.0. The molecule has 0 amide bonds. The lowest BCUT2D eigenvalue weighted by Crippen LogP contribution is -2.37. The summed E-state index contributed by atoms with van der Waals surface area (Å²) in [5, 5.41) is 13.3. The molecule has 1 N–H and O–H groups in total. The first-order valence-corrected chi connectivity index (χ1v) is 10.1. The van der Waals surface area contributed by atoms with Gasteiger partial charge in [0, 0.05) is 5.56 Å². The summed E-state index contributed by atoms with van der Waals surface area (Å²) in [6, 6.07) is 19.2. The van der Waals surface area contributed by atoms with Gasteiger partial charge in [-0.3, -0.25) is 4.90 Å². The van der Waals surface area contributed by atoms with E-state index in [1.165, 1.54) is 34.9 Å². The number of benzene rings is 3. The van der Waals surface area contributed by atoms with Crippen LogP contribution in [-0.2, 0) is 0 Å². The zero-order chi connectivity index (χ0) is 19.0. The van der Waals surface area contributed by atoms with Gasteiger partial charge in [-0.25, -0.2) is 0 Å². The quantitative estimate of drug-likeness (QED) is 0.621. The molecular formula is C25H29NO. The number of likely N-dealkylation sites (tertiary alicyclic amines) is 1. The van der Waals surface area contributed by atoms with E-state index in [0.717, 1.165) is 30.0 Å². The van der Waals surface area contributed by atoms with Crippen molar-refractivity contribution >= 4 is 10.8 Å². The number of piperidine rings is 1. The smallest absolute Gasteiger partial charge is 0.121 e. The number of nitrogens with zero attached hydrogens (tertiary/aromatic N) is 1. The fourth-order valence-corrected chi connectivity index (χ4v) is 4.59. The second-order valence-electron chi connectivity index (χ2n) is 8.26. The number of fused-ring (bicyclic) bond motifs is 1. The lowest BCUT2D eigenvalue weighted by molar-refractivity contribution is 0.156. The molecule has 0 saturated carbocycles. The largest absolute Gasteiger partial charge is 0.508 e. The molecule has 3 aromatic carbocycles. The number of aromatic hydroxyl groups is 1. The number of rotatable bonds is 3. The number of phenols is 1. The second kappa shape index (κ2) is 7.36. The first kappa shape index (κ1) is 18.1. The predicted octanol–water partition coefficient (Wildman–Crippen LogP) is 5.98. The molecule has 1 saturated heterocycles. The van der Waals surface area contributed by atoms with Crippen molar-refractivity contribution in [1.82, 2.24) is 4.90 Å². The van der Waals surface area contributed by atoms with Gasteiger partial charge >= 0.3 is 0 Å². The highest BCUT2D eigenvalue weighted by molar-refractivity contribution is 5.88. The average Bonchev–Trinajstić information content (AvgIpc) is 2.64. The molecule has 1 unspecified atom stereocenters. The van der Waals surface area contributed by atoms with Crippen LogP contribution in [0.3, 0.4) is 0 Å². The number of hydrogen-bond acceptors (Lipinski definition) is 2. The highest BCUT2D eigenvalue weighted by Gasteiger charge is 2.29. The van der Waals surface area contributed by atoms with Crippen LogP contribution in [0.15, 0.2) is 54.6 Å². The molecule has 0 bridgehead atoms. The third-order valence-electron chi connectivity index (χ3n) is 5.96. The molecule has 0 spiro atoms. The van der Waals surface area contributed by atoms with Crippen molar-refractivity contribution in [2.24, 2.45) is 5.92 Å². The lowest BCUT2D eigenvalue weighted by Gasteiger charge is -2.38.